The molecule has 0 spiro atoms. The predicted octanol–water partition coefficient (Wildman–Crippen LogP) is 3.19. The fraction of sp³-hybridized carbons (Fsp3) is 0.333. The molecule has 4 amide bonds. The Labute approximate surface area is 187 Å². The van der Waals surface area contributed by atoms with Gasteiger partial charge < -0.3 is 15.0 Å². The van der Waals surface area contributed by atoms with E-state index in [2.05, 4.69) is 5.32 Å². The molecule has 0 atom stereocenters. The third kappa shape index (κ3) is 4.80. The van der Waals surface area contributed by atoms with Gasteiger partial charge in [0.05, 0.1) is 18.2 Å². The van der Waals surface area contributed by atoms with Gasteiger partial charge in [0.2, 0.25) is 5.91 Å². The van der Waals surface area contributed by atoms with E-state index in [-0.39, 0.29) is 41.3 Å². The van der Waals surface area contributed by atoms with E-state index in [1.807, 2.05) is 6.92 Å². The molecule has 8 heteroatoms. The zero-order chi connectivity index (χ0) is 23.3. The second-order valence-corrected chi connectivity index (χ2v) is 7.47. The molecule has 1 heterocycles. The van der Waals surface area contributed by atoms with Crippen molar-refractivity contribution in [2.75, 3.05) is 32.1 Å². The highest BCUT2D eigenvalue weighted by molar-refractivity contribution is 6.22. The van der Waals surface area contributed by atoms with Crippen LogP contribution in [-0.2, 0) is 4.79 Å². The molecule has 1 aliphatic heterocycles. The van der Waals surface area contributed by atoms with Gasteiger partial charge in [0.25, 0.3) is 17.7 Å². The lowest BCUT2D eigenvalue weighted by molar-refractivity contribution is -0.116. The summed E-state index contributed by atoms with van der Waals surface area (Å²) in [4.78, 5) is 53.2. The van der Waals surface area contributed by atoms with E-state index in [1.54, 1.807) is 38.3 Å². The first-order valence-electron chi connectivity index (χ1n) is 10.6. The lowest BCUT2D eigenvalue weighted by Gasteiger charge is -2.20. The Hall–Kier alpha value is -3.68. The number of unbranched alkanes of at least 4 members (excludes halogenated alkanes) is 1. The third-order valence-electron chi connectivity index (χ3n) is 5.33. The van der Waals surface area contributed by atoms with E-state index in [0.29, 0.717) is 30.1 Å². The standard InChI is InChI=1S/C24H27N3O5/c1-4-6-13-27-23(30)19-12-7-16(14-20(19)24(27)31)22(29)26(5-2)15-21(28)25-17-8-10-18(32-3)11-9-17/h7-12,14H,4-6,13,15H2,1-3H3,(H,25,28). The lowest BCUT2D eigenvalue weighted by atomic mass is 10.0. The van der Waals surface area contributed by atoms with Crippen LogP contribution in [0.15, 0.2) is 42.5 Å². The van der Waals surface area contributed by atoms with Crippen molar-refractivity contribution >= 4 is 29.3 Å². The molecule has 1 aliphatic rings. The van der Waals surface area contributed by atoms with Crippen LogP contribution in [0.3, 0.4) is 0 Å². The number of nitrogens with one attached hydrogen (secondary N) is 1. The van der Waals surface area contributed by atoms with E-state index >= 15 is 0 Å². The summed E-state index contributed by atoms with van der Waals surface area (Å²) in [7, 11) is 1.56. The highest BCUT2D eigenvalue weighted by atomic mass is 16.5. The summed E-state index contributed by atoms with van der Waals surface area (Å²) >= 11 is 0. The molecule has 0 bridgehead atoms. The van der Waals surface area contributed by atoms with Crippen LogP contribution in [0.4, 0.5) is 5.69 Å². The van der Waals surface area contributed by atoms with Crippen molar-refractivity contribution in [2.24, 2.45) is 0 Å². The molecule has 0 fully saturated rings. The Morgan fingerprint density at radius 3 is 2.31 bits per heavy atom. The van der Waals surface area contributed by atoms with Gasteiger partial charge in [-0.3, -0.25) is 24.1 Å². The maximum absolute atomic E-state index is 13.0. The highest BCUT2D eigenvalue weighted by Gasteiger charge is 2.35. The van der Waals surface area contributed by atoms with E-state index in [9.17, 15) is 19.2 Å². The van der Waals surface area contributed by atoms with Gasteiger partial charge in [-0.1, -0.05) is 13.3 Å². The van der Waals surface area contributed by atoms with E-state index in [4.69, 9.17) is 4.74 Å². The normalized spacial score (nSPS) is 12.5. The largest absolute Gasteiger partial charge is 0.497 e. The number of anilines is 1. The number of ether oxygens (including phenoxy) is 1. The number of benzene rings is 2. The lowest BCUT2D eigenvalue weighted by Crippen LogP contribution is -2.38. The van der Waals surface area contributed by atoms with Crippen LogP contribution in [0.25, 0.3) is 0 Å². The number of imide groups is 1. The number of likely N-dealkylation sites (N-methyl/N-ethyl adjacent to an activating group) is 1. The van der Waals surface area contributed by atoms with Gasteiger partial charge in [0, 0.05) is 24.3 Å². The Morgan fingerprint density at radius 2 is 1.69 bits per heavy atom. The summed E-state index contributed by atoms with van der Waals surface area (Å²) in [6, 6.07) is 11.4. The summed E-state index contributed by atoms with van der Waals surface area (Å²) in [5, 5.41) is 2.75. The number of hydrogen-bond donors (Lipinski definition) is 1. The van der Waals surface area contributed by atoms with Gasteiger partial charge >= 0.3 is 0 Å². The van der Waals surface area contributed by atoms with Gasteiger partial charge in [-0.05, 0) is 55.8 Å². The zero-order valence-corrected chi connectivity index (χ0v) is 18.5. The molecule has 2 aromatic rings. The van der Waals surface area contributed by atoms with Crippen molar-refractivity contribution in [3.8, 4) is 5.75 Å². The summed E-state index contributed by atoms with van der Waals surface area (Å²) < 4.78 is 5.09. The monoisotopic (exact) mass is 437 g/mol. The minimum Gasteiger partial charge on any atom is -0.497 e. The molecule has 0 unspecified atom stereocenters. The number of methoxy groups -OCH3 is 1. The SMILES string of the molecule is CCCCN1C(=O)c2ccc(C(=O)N(CC)CC(=O)Nc3ccc(OC)cc3)cc2C1=O. The summed E-state index contributed by atoms with van der Waals surface area (Å²) in [6.07, 6.45) is 1.59. The number of amides is 4. The van der Waals surface area contributed by atoms with Crippen molar-refractivity contribution in [3.63, 3.8) is 0 Å². The third-order valence-corrected chi connectivity index (χ3v) is 5.33. The molecule has 0 saturated heterocycles. The minimum atomic E-state index is -0.382. The number of fused-ring (bicyclic) bond motifs is 1. The van der Waals surface area contributed by atoms with Crippen molar-refractivity contribution < 1.29 is 23.9 Å². The average Bonchev–Trinajstić information content (AvgIpc) is 3.05. The van der Waals surface area contributed by atoms with Crippen molar-refractivity contribution in [2.45, 2.75) is 26.7 Å². The fourth-order valence-corrected chi connectivity index (χ4v) is 3.50. The molecule has 0 saturated carbocycles. The molecule has 3 rings (SSSR count). The maximum atomic E-state index is 13.0. The van der Waals surface area contributed by atoms with Crippen LogP contribution >= 0.6 is 0 Å². The zero-order valence-electron chi connectivity index (χ0n) is 18.5. The van der Waals surface area contributed by atoms with Gasteiger partial charge in [-0.2, -0.15) is 0 Å². The molecular formula is C24H27N3O5. The average molecular weight is 437 g/mol. The highest BCUT2D eigenvalue weighted by Crippen LogP contribution is 2.25. The fourth-order valence-electron chi connectivity index (χ4n) is 3.50. The smallest absolute Gasteiger partial charge is 0.261 e. The van der Waals surface area contributed by atoms with Crippen LogP contribution in [0.1, 0.15) is 57.8 Å². The van der Waals surface area contributed by atoms with Crippen LogP contribution < -0.4 is 10.1 Å². The summed E-state index contributed by atoms with van der Waals surface area (Å²) in [5.74, 6) is -0.765. The second kappa shape index (κ2) is 10.1. The maximum Gasteiger partial charge on any atom is 0.261 e. The van der Waals surface area contributed by atoms with E-state index in [1.165, 1.54) is 28.0 Å². The Kier molecular flexibility index (Phi) is 7.25. The number of carbonyl (C=O) groups excluding carboxylic acids is 4. The van der Waals surface area contributed by atoms with Crippen molar-refractivity contribution in [1.29, 1.82) is 0 Å². The topological polar surface area (TPSA) is 96.0 Å². The number of rotatable bonds is 9. The van der Waals surface area contributed by atoms with Crippen LogP contribution in [0, 0.1) is 0 Å². The Morgan fingerprint density at radius 1 is 1.00 bits per heavy atom. The Balaban J connectivity index is 1.70. The molecule has 2 aromatic carbocycles. The first-order valence-corrected chi connectivity index (χ1v) is 10.6. The molecular weight excluding hydrogens is 410 g/mol. The van der Waals surface area contributed by atoms with Crippen LogP contribution in [0.5, 0.6) is 5.75 Å². The quantitative estimate of drug-likeness (QED) is 0.608. The molecule has 168 valence electrons. The number of carbonyl (C=O) groups is 4. The van der Waals surface area contributed by atoms with E-state index < -0.39 is 0 Å². The predicted molar refractivity (Wildman–Crippen MR) is 120 cm³/mol. The first-order chi connectivity index (χ1) is 15.4. The molecule has 1 N–H and O–H groups in total. The molecule has 8 nitrogen and oxygen atoms in total. The molecule has 32 heavy (non-hydrogen) atoms. The second-order valence-electron chi connectivity index (χ2n) is 7.47. The minimum absolute atomic E-state index is 0.145. The molecule has 0 aromatic heterocycles. The van der Waals surface area contributed by atoms with Gasteiger partial charge in [0.15, 0.2) is 0 Å². The molecule has 0 radical (unpaired) electrons. The Bertz CT molecular complexity index is 1030. The van der Waals surface area contributed by atoms with Gasteiger partial charge in [-0.15, -0.1) is 0 Å². The van der Waals surface area contributed by atoms with E-state index in [0.717, 1.165) is 12.8 Å². The molecule has 0 aliphatic carbocycles. The van der Waals surface area contributed by atoms with Crippen LogP contribution in [0.2, 0.25) is 0 Å². The van der Waals surface area contributed by atoms with Gasteiger partial charge in [0.1, 0.15) is 12.3 Å². The number of hydrogen-bond acceptors (Lipinski definition) is 5. The first kappa shape index (κ1) is 23.0. The van der Waals surface area contributed by atoms with Crippen molar-refractivity contribution in [1.82, 2.24) is 9.80 Å². The van der Waals surface area contributed by atoms with Crippen LogP contribution in [-0.4, -0.2) is 60.2 Å². The number of nitrogens with zero attached hydrogens (tertiary/aromatic N) is 2. The van der Waals surface area contributed by atoms with Gasteiger partial charge in [-0.25, -0.2) is 0 Å². The van der Waals surface area contributed by atoms with Crippen molar-refractivity contribution in [3.05, 3.63) is 59.2 Å². The summed E-state index contributed by atoms with van der Waals surface area (Å²) in [6.45, 7) is 4.28. The summed E-state index contributed by atoms with van der Waals surface area (Å²) in [5.41, 5.74) is 1.40.